The number of ether oxygens (including phenoxy) is 1. The van der Waals surface area contributed by atoms with Gasteiger partial charge in [0.05, 0.1) is 6.61 Å². The zero-order valence-corrected chi connectivity index (χ0v) is 14.6. The van der Waals surface area contributed by atoms with Gasteiger partial charge in [-0.1, -0.05) is 23.7 Å². The van der Waals surface area contributed by atoms with Gasteiger partial charge in [-0.25, -0.2) is 0 Å². The van der Waals surface area contributed by atoms with E-state index in [0.717, 1.165) is 11.1 Å². The van der Waals surface area contributed by atoms with Gasteiger partial charge in [0.15, 0.2) is 11.7 Å². The second kappa shape index (κ2) is 8.63. The Morgan fingerprint density at radius 1 is 1.29 bits per heavy atom. The quantitative estimate of drug-likeness (QED) is 0.711. The summed E-state index contributed by atoms with van der Waals surface area (Å²) in [7, 11) is 0. The molecule has 0 bridgehead atoms. The van der Waals surface area contributed by atoms with Crippen LogP contribution in [0.1, 0.15) is 11.1 Å². The van der Waals surface area contributed by atoms with Gasteiger partial charge in [-0.3, -0.25) is 10.1 Å². The summed E-state index contributed by atoms with van der Waals surface area (Å²) < 4.78 is 5.45. The lowest BCUT2D eigenvalue weighted by Gasteiger charge is -2.12. The summed E-state index contributed by atoms with van der Waals surface area (Å²) in [5, 5.41) is 15.3. The van der Waals surface area contributed by atoms with Gasteiger partial charge in [0.1, 0.15) is 5.75 Å². The summed E-state index contributed by atoms with van der Waals surface area (Å²) in [6, 6.07) is 12.3. The smallest absolute Gasteiger partial charge is 0.264 e. The van der Waals surface area contributed by atoms with Crippen LogP contribution in [0, 0.1) is 6.92 Å². The number of hydrogen-bond acceptors (Lipinski definition) is 4. The van der Waals surface area contributed by atoms with E-state index in [1.807, 2.05) is 6.92 Å². The molecule has 0 radical (unpaired) electrons. The van der Waals surface area contributed by atoms with Gasteiger partial charge in [0.25, 0.3) is 5.91 Å². The molecule has 0 saturated carbocycles. The van der Waals surface area contributed by atoms with Crippen LogP contribution in [0.5, 0.6) is 5.75 Å². The van der Waals surface area contributed by atoms with E-state index in [1.54, 1.807) is 42.5 Å². The SMILES string of the molecule is Cc1cc(Cl)ccc1OCC(=O)NC(=S)Nc1cccc(CO)c1. The van der Waals surface area contributed by atoms with Crippen molar-refractivity contribution in [3.05, 3.63) is 58.6 Å². The van der Waals surface area contributed by atoms with Crippen molar-refractivity contribution < 1.29 is 14.6 Å². The van der Waals surface area contributed by atoms with Gasteiger partial charge in [-0.05, 0) is 60.6 Å². The molecule has 0 unspecified atom stereocenters. The highest BCUT2D eigenvalue weighted by Gasteiger charge is 2.08. The highest BCUT2D eigenvalue weighted by molar-refractivity contribution is 7.80. The molecule has 2 aromatic rings. The third-order valence-electron chi connectivity index (χ3n) is 3.12. The van der Waals surface area contributed by atoms with Crippen LogP contribution in [0.3, 0.4) is 0 Å². The Morgan fingerprint density at radius 2 is 2.08 bits per heavy atom. The standard InChI is InChI=1S/C17H17ClN2O3S/c1-11-7-13(18)5-6-15(11)23-10-16(22)20-17(24)19-14-4-2-3-12(8-14)9-21/h2-8,21H,9-10H2,1H3,(H2,19,20,22,24). The maximum absolute atomic E-state index is 11.9. The van der Waals surface area contributed by atoms with E-state index in [1.165, 1.54) is 0 Å². The first-order valence-corrected chi connectivity index (χ1v) is 7.96. The number of anilines is 1. The summed E-state index contributed by atoms with van der Waals surface area (Å²) in [5.41, 5.74) is 2.27. The fourth-order valence-corrected chi connectivity index (χ4v) is 2.45. The van der Waals surface area contributed by atoms with E-state index in [-0.39, 0.29) is 24.2 Å². The lowest BCUT2D eigenvalue weighted by molar-refractivity contribution is -0.121. The molecular formula is C17H17ClN2O3S. The van der Waals surface area contributed by atoms with Gasteiger partial charge < -0.3 is 15.2 Å². The van der Waals surface area contributed by atoms with Gasteiger partial charge in [-0.2, -0.15) is 0 Å². The highest BCUT2D eigenvalue weighted by Crippen LogP contribution is 2.21. The predicted octanol–water partition coefficient (Wildman–Crippen LogP) is 3.03. The lowest BCUT2D eigenvalue weighted by Crippen LogP contribution is -2.37. The zero-order valence-electron chi connectivity index (χ0n) is 13.0. The molecule has 0 aliphatic rings. The minimum absolute atomic E-state index is 0.0665. The number of nitrogens with one attached hydrogen (secondary N) is 2. The molecule has 0 heterocycles. The van der Waals surface area contributed by atoms with Gasteiger partial charge in [0, 0.05) is 10.7 Å². The Morgan fingerprint density at radius 3 is 2.79 bits per heavy atom. The van der Waals surface area contributed by atoms with Crippen LogP contribution in [0.4, 0.5) is 5.69 Å². The first-order chi connectivity index (χ1) is 11.5. The van der Waals surface area contributed by atoms with Crippen molar-refractivity contribution in [1.29, 1.82) is 0 Å². The number of halogens is 1. The number of carbonyl (C=O) groups excluding carboxylic acids is 1. The Kier molecular flexibility index (Phi) is 6.54. The molecule has 0 fully saturated rings. The van der Waals surface area contributed by atoms with Crippen LogP contribution >= 0.6 is 23.8 Å². The van der Waals surface area contributed by atoms with E-state index in [9.17, 15) is 4.79 Å². The third kappa shape index (κ3) is 5.49. The van der Waals surface area contributed by atoms with E-state index >= 15 is 0 Å². The molecule has 0 saturated heterocycles. The number of hydrogen-bond donors (Lipinski definition) is 3. The number of rotatable bonds is 5. The maximum atomic E-state index is 11.9. The lowest BCUT2D eigenvalue weighted by atomic mass is 10.2. The van der Waals surface area contributed by atoms with Crippen molar-refractivity contribution >= 4 is 40.5 Å². The molecule has 1 amide bonds. The topological polar surface area (TPSA) is 70.6 Å². The largest absolute Gasteiger partial charge is 0.483 e. The number of amides is 1. The summed E-state index contributed by atoms with van der Waals surface area (Å²) in [6.07, 6.45) is 0. The fraction of sp³-hybridized carbons (Fsp3) is 0.176. The Balaban J connectivity index is 1.84. The van der Waals surface area contributed by atoms with Crippen molar-refractivity contribution in [2.75, 3.05) is 11.9 Å². The summed E-state index contributed by atoms with van der Waals surface area (Å²) in [6.45, 7) is 1.61. The number of aliphatic hydroxyl groups excluding tert-OH is 1. The maximum Gasteiger partial charge on any atom is 0.264 e. The van der Waals surface area contributed by atoms with Crippen LogP contribution in [0.15, 0.2) is 42.5 Å². The number of aryl methyl sites for hydroxylation is 1. The Bertz CT molecular complexity index is 752. The molecule has 0 aliphatic heterocycles. The molecule has 0 aliphatic carbocycles. The highest BCUT2D eigenvalue weighted by atomic mass is 35.5. The van der Waals surface area contributed by atoms with Crippen LogP contribution < -0.4 is 15.4 Å². The van der Waals surface area contributed by atoms with Gasteiger partial charge in [-0.15, -0.1) is 0 Å². The van der Waals surface area contributed by atoms with E-state index < -0.39 is 0 Å². The normalized spacial score (nSPS) is 10.1. The minimum atomic E-state index is -0.375. The molecule has 3 N–H and O–H groups in total. The van der Waals surface area contributed by atoms with Gasteiger partial charge >= 0.3 is 0 Å². The fourth-order valence-electron chi connectivity index (χ4n) is 1.99. The van der Waals surface area contributed by atoms with Crippen LogP contribution in [-0.4, -0.2) is 22.7 Å². The van der Waals surface area contributed by atoms with Gasteiger partial charge in [0.2, 0.25) is 0 Å². The van der Waals surface area contributed by atoms with Crippen molar-refractivity contribution in [2.45, 2.75) is 13.5 Å². The first-order valence-electron chi connectivity index (χ1n) is 7.17. The minimum Gasteiger partial charge on any atom is -0.483 e. The number of benzene rings is 2. The van der Waals surface area contributed by atoms with Crippen molar-refractivity contribution in [3.63, 3.8) is 0 Å². The molecule has 0 atom stereocenters. The van der Waals surface area contributed by atoms with E-state index in [0.29, 0.717) is 16.5 Å². The molecule has 7 heteroatoms. The predicted molar refractivity (Wildman–Crippen MR) is 98.4 cm³/mol. The zero-order chi connectivity index (χ0) is 17.5. The number of thiocarbonyl (C=S) groups is 1. The second-order valence-corrected chi connectivity index (χ2v) is 5.90. The molecule has 0 aromatic heterocycles. The van der Waals surface area contributed by atoms with Crippen LogP contribution in [0.2, 0.25) is 5.02 Å². The molecule has 5 nitrogen and oxygen atoms in total. The molecule has 0 spiro atoms. The third-order valence-corrected chi connectivity index (χ3v) is 3.56. The second-order valence-electron chi connectivity index (χ2n) is 5.06. The Labute approximate surface area is 150 Å². The Hall–Kier alpha value is -2.15. The van der Waals surface area contributed by atoms with E-state index in [4.69, 9.17) is 33.7 Å². The molecular weight excluding hydrogens is 348 g/mol. The average Bonchev–Trinajstić information content (AvgIpc) is 2.54. The summed E-state index contributed by atoms with van der Waals surface area (Å²) in [4.78, 5) is 11.9. The van der Waals surface area contributed by atoms with Crippen molar-refractivity contribution in [2.24, 2.45) is 0 Å². The average molecular weight is 365 g/mol. The molecule has 126 valence electrons. The number of carbonyl (C=O) groups is 1. The number of aliphatic hydroxyl groups is 1. The molecule has 24 heavy (non-hydrogen) atoms. The van der Waals surface area contributed by atoms with Crippen LogP contribution in [-0.2, 0) is 11.4 Å². The summed E-state index contributed by atoms with van der Waals surface area (Å²) >= 11 is 11.0. The monoisotopic (exact) mass is 364 g/mol. The van der Waals surface area contributed by atoms with Crippen LogP contribution in [0.25, 0.3) is 0 Å². The summed E-state index contributed by atoms with van der Waals surface area (Å²) in [5.74, 6) is 0.212. The van der Waals surface area contributed by atoms with Crippen molar-refractivity contribution in [3.8, 4) is 5.75 Å². The van der Waals surface area contributed by atoms with E-state index in [2.05, 4.69) is 10.6 Å². The first kappa shape index (κ1) is 18.2. The molecule has 2 rings (SSSR count). The van der Waals surface area contributed by atoms with Crippen molar-refractivity contribution in [1.82, 2.24) is 5.32 Å². The molecule has 2 aromatic carbocycles.